The Labute approximate surface area is 188 Å². The maximum Gasteiger partial charge on any atom is 0.264 e. The molecule has 0 spiro atoms. The van der Waals surface area contributed by atoms with Crippen LogP contribution in [-0.4, -0.2) is 52.2 Å². The summed E-state index contributed by atoms with van der Waals surface area (Å²) in [5.74, 6) is 0.214. The van der Waals surface area contributed by atoms with Crippen molar-refractivity contribution < 1.29 is 13.2 Å². The van der Waals surface area contributed by atoms with Gasteiger partial charge in [0.2, 0.25) is 0 Å². The summed E-state index contributed by atoms with van der Waals surface area (Å²) in [7, 11) is -3.64. The van der Waals surface area contributed by atoms with Crippen LogP contribution in [0, 0.1) is 19.8 Å². The van der Waals surface area contributed by atoms with E-state index in [1.807, 2.05) is 58.0 Å². The van der Waals surface area contributed by atoms with Crippen LogP contribution in [0.3, 0.4) is 0 Å². The third-order valence-corrected chi connectivity index (χ3v) is 7.50. The van der Waals surface area contributed by atoms with E-state index in [1.54, 1.807) is 16.4 Å². The van der Waals surface area contributed by atoms with Gasteiger partial charge < -0.3 is 4.74 Å². The Bertz CT molecular complexity index is 971. The Kier molecular flexibility index (Phi) is 7.78. The molecule has 0 amide bonds. The fourth-order valence-electron chi connectivity index (χ4n) is 4.08. The van der Waals surface area contributed by atoms with E-state index >= 15 is 0 Å². The minimum absolute atomic E-state index is 0.214. The van der Waals surface area contributed by atoms with Crippen LogP contribution in [0.5, 0.6) is 0 Å². The second kappa shape index (κ2) is 10.2. The highest BCUT2D eigenvalue weighted by Crippen LogP contribution is 2.29. The molecule has 1 unspecified atom stereocenters. The Morgan fingerprint density at radius 1 is 1.13 bits per heavy atom. The molecule has 5 nitrogen and oxygen atoms in total. The lowest BCUT2D eigenvalue weighted by Crippen LogP contribution is -2.41. The average Bonchev–Trinajstić information content (AvgIpc) is 2.71. The number of hydrogen-bond acceptors (Lipinski definition) is 4. The molecule has 0 saturated carbocycles. The van der Waals surface area contributed by atoms with Crippen LogP contribution in [0.2, 0.25) is 0 Å². The lowest BCUT2D eigenvalue weighted by molar-refractivity contribution is -0.0177. The number of morpholine rings is 1. The second-order valence-corrected chi connectivity index (χ2v) is 11.0. The number of nitrogens with zero attached hydrogens (tertiary/aromatic N) is 2. The summed E-state index contributed by atoms with van der Waals surface area (Å²) in [6, 6.07) is 13.3. The molecular weight excluding hydrogens is 408 g/mol. The standard InChI is InChI=1S/C25H36N2O3S/c1-19(2)17-27(25-11-6-20(3)16-21(25)4)31(28,29)24-9-7-23(8-10-24)12-13-26-14-15-30-22(5)18-26/h6-11,16,19,22H,12-15,17-18H2,1-5H3. The molecule has 0 aromatic heterocycles. The Balaban J connectivity index is 1.78. The lowest BCUT2D eigenvalue weighted by atomic mass is 10.1. The van der Waals surface area contributed by atoms with Gasteiger partial charge >= 0.3 is 0 Å². The lowest BCUT2D eigenvalue weighted by Gasteiger charge is -2.31. The molecule has 0 radical (unpaired) electrons. The first-order valence-corrected chi connectivity index (χ1v) is 12.6. The van der Waals surface area contributed by atoms with E-state index in [1.165, 1.54) is 0 Å². The second-order valence-electron chi connectivity index (χ2n) is 9.10. The molecule has 1 atom stereocenters. The Morgan fingerprint density at radius 3 is 2.45 bits per heavy atom. The van der Waals surface area contributed by atoms with Crippen LogP contribution in [0.15, 0.2) is 47.4 Å². The molecule has 0 N–H and O–H groups in total. The Hall–Kier alpha value is -1.89. The molecular formula is C25H36N2O3S. The molecule has 1 fully saturated rings. The van der Waals surface area contributed by atoms with Gasteiger partial charge in [-0.1, -0.05) is 43.7 Å². The van der Waals surface area contributed by atoms with Gasteiger partial charge in [-0.3, -0.25) is 9.21 Å². The van der Waals surface area contributed by atoms with E-state index < -0.39 is 10.0 Å². The highest BCUT2D eigenvalue weighted by Gasteiger charge is 2.27. The van der Waals surface area contributed by atoms with Gasteiger partial charge in [0.1, 0.15) is 0 Å². The third-order valence-electron chi connectivity index (χ3n) is 5.71. The van der Waals surface area contributed by atoms with E-state index in [4.69, 9.17) is 4.74 Å². The van der Waals surface area contributed by atoms with Crippen molar-refractivity contribution in [3.8, 4) is 0 Å². The van der Waals surface area contributed by atoms with Gasteiger partial charge in [0.25, 0.3) is 10.0 Å². The summed E-state index contributed by atoms with van der Waals surface area (Å²) >= 11 is 0. The minimum atomic E-state index is -3.64. The van der Waals surface area contributed by atoms with Crippen molar-refractivity contribution in [3.05, 3.63) is 59.2 Å². The highest BCUT2D eigenvalue weighted by atomic mass is 32.2. The smallest absolute Gasteiger partial charge is 0.264 e. The predicted octanol–water partition coefficient (Wildman–Crippen LogP) is 4.42. The first-order chi connectivity index (χ1) is 14.7. The van der Waals surface area contributed by atoms with Crippen molar-refractivity contribution >= 4 is 15.7 Å². The van der Waals surface area contributed by atoms with Crippen molar-refractivity contribution in [3.63, 3.8) is 0 Å². The van der Waals surface area contributed by atoms with Gasteiger partial charge in [-0.05, 0) is 62.4 Å². The number of hydrogen-bond donors (Lipinski definition) is 0. The third kappa shape index (κ3) is 6.09. The molecule has 0 bridgehead atoms. The maximum absolute atomic E-state index is 13.6. The molecule has 3 rings (SSSR count). The van der Waals surface area contributed by atoms with Crippen LogP contribution in [0.1, 0.15) is 37.5 Å². The largest absolute Gasteiger partial charge is 0.376 e. The fraction of sp³-hybridized carbons (Fsp3) is 0.520. The van der Waals surface area contributed by atoms with Crippen molar-refractivity contribution in [1.82, 2.24) is 4.90 Å². The number of anilines is 1. The topological polar surface area (TPSA) is 49.9 Å². The van der Waals surface area contributed by atoms with Crippen LogP contribution < -0.4 is 4.31 Å². The molecule has 31 heavy (non-hydrogen) atoms. The monoisotopic (exact) mass is 444 g/mol. The first-order valence-electron chi connectivity index (χ1n) is 11.2. The number of ether oxygens (including phenoxy) is 1. The SMILES string of the molecule is Cc1ccc(N(CC(C)C)S(=O)(=O)c2ccc(CCN3CCOC(C)C3)cc2)c(C)c1. The zero-order chi connectivity index (χ0) is 22.6. The zero-order valence-corrected chi connectivity index (χ0v) is 20.3. The van der Waals surface area contributed by atoms with E-state index in [-0.39, 0.29) is 12.0 Å². The van der Waals surface area contributed by atoms with E-state index in [9.17, 15) is 8.42 Å². The van der Waals surface area contributed by atoms with Crippen LogP contribution in [0.25, 0.3) is 0 Å². The van der Waals surface area contributed by atoms with Crippen molar-refractivity contribution in [2.75, 3.05) is 37.1 Å². The normalized spacial score (nSPS) is 17.8. The minimum Gasteiger partial charge on any atom is -0.376 e. The summed E-state index contributed by atoms with van der Waals surface area (Å²) in [6.45, 7) is 14.3. The van der Waals surface area contributed by atoms with Crippen LogP contribution in [0.4, 0.5) is 5.69 Å². The van der Waals surface area contributed by atoms with Gasteiger partial charge in [-0.2, -0.15) is 0 Å². The van der Waals surface area contributed by atoms with Gasteiger partial charge in [-0.25, -0.2) is 8.42 Å². The molecule has 6 heteroatoms. The molecule has 2 aromatic carbocycles. The molecule has 170 valence electrons. The van der Waals surface area contributed by atoms with Gasteiger partial charge in [0.15, 0.2) is 0 Å². The molecule has 1 heterocycles. The van der Waals surface area contributed by atoms with Crippen molar-refractivity contribution in [2.24, 2.45) is 5.92 Å². The van der Waals surface area contributed by atoms with Crippen molar-refractivity contribution in [2.45, 2.75) is 52.0 Å². The summed E-state index contributed by atoms with van der Waals surface area (Å²) in [5.41, 5.74) is 4.01. The highest BCUT2D eigenvalue weighted by molar-refractivity contribution is 7.92. The van der Waals surface area contributed by atoms with Crippen LogP contribution in [-0.2, 0) is 21.2 Å². The fourth-order valence-corrected chi connectivity index (χ4v) is 5.77. The Morgan fingerprint density at radius 2 is 1.84 bits per heavy atom. The van der Waals surface area contributed by atoms with Gasteiger partial charge in [-0.15, -0.1) is 0 Å². The number of rotatable bonds is 8. The number of sulfonamides is 1. The van der Waals surface area contributed by atoms with Crippen LogP contribution >= 0.6 is 0 Å². The first kappa shape index (κ1) is 23.8. The summed E-state index contributed by atoms with van der Waals surface area (Å²) in [6.07, 6.45) is 1.18. The maximum atomic E-state index is 13.6. The van der Waals surface area contributed by atoms with E-state index in [2.05, 4.69) is 11.8 Å². The molecule has 1 aliphatic rings. The quantitative estimate of drug-likeness (QED) is 0.605. The van der Waals surface area contributed by atoms with E-state index in [0.29, 0.717) is 11.4 Å². The van der Waals surface area contributed by atoms with E-state index in [0.717, 1.165) is 55.0 Å². The summed E-state index contributed by atoms with van der Waals surface area (Å²) in [4.78, 5) is 2.75. The number of benzene rings is 2. The zero-order valence-electron chi connectivity index (χ0n) is 19.5. The summed E-state index contributed by atoms with van der Waals surface area (Å²) in [5, 5.41) is 0. The summed E-state index contributed by atoms with van der Waals surface area (Å²) < 4.78 is 34.3. The molecule has 2 aromatic rings. The molecule has 1 saturated heterocycles. The van der Waals surface area contributed by atoms with Gasteiger partial charge in [0, 0.05) is 26.2 Å². The molecule has 1 aliphatic heterocycles. The predicted molar refractivity (Wildman–Crippen MR) is 127 cm³/mol. The average molecular weight is 445 g/mol. The number of aryl methyl sites for hydroxylation is 2. The van der Waals surface area contributed by atoms with Gasteiger partial charge in [0.05, 0.1) is 23.3 Å². The molecule has 0 aliphatic carbocycles. The van der Waals surface area contributed by atoms with Crippen molar-refractivity contribution in [1.29, 1.82) is 0 Å².